The SMILES string of the molecule is CC(C)(C)[Si](C)(C)OC[C@H]1O[C@@H](n2c(=O)[nH]c(=O)c3[nH]cnc32)[C@H](O[Si](C)(C)C(C)(C)C)C12OS(=O)(=O)C=C2N. The molecule has 224 valence electrons. The lowest BCUT2D eigenvalue weighted by atomic mass is 9.89. The molecule has 0 radical (unpaired) electrons. The first-order valence-electron chi connectivity index (χ1n) is 13.1. The molecule has 0 aromatic carbocycles. The summed E-state index contributed by atoms with van der Waals surface area (Å²) in [5.41, 5.74) is 3.15. The Morgan fingerprint density at radius 1 is 1.10 bits per heavy atom. The van der Waals surface area contributed by atoms with Gasteiger partial charge in [-0.05, 0) is 36.3 Å². The first kappa shape index (κ1) is 30.9. The lowest BCUT2D eigenvalue weighted by Gasteiger charge is -2.43. The number of aromatic nitrogens is 4. The van der Waals surface area contributed by atoms with Crippen molar-refractivity contribution in [3.05, 3.63) is 38.3 Å². The molecule has 2 aromatic heterocycles. The number of nitrogens with two attached hydrogens (primary N) is 1. The minimum absolute atomic E-state index is 0.0205. The number of hydrogen-bond acceptors (Lipinski definition) is 10. The van der Waals surface area contributed by atoms with Gasteiger partial charge in [0.15, 0.2) is 34.1 Å². The van der Waals surface area contributed by atoms with Crippen molar-refractivity contribution in [2.45, 2.75) is 102 Å². The Kier molecular flexibility index (Phi) is 7.31. The highest BCUT2D eigenvalue weighted by molar-refractivity contribution is 7.90. The van der Waals surface area contributed by atoms with Crippen LogP contribution in [-0.4, -0.2) is 69.0 Å². The van der Waals surface area contributed by atoms with Crippen LogP contribution in [0.15, 0.2) is 27.0 Å². The summed E-state index contributed by atoms with van der Waals surface area (Å²) >= 11 is 0. The Labute approximate surface area is 235 Å². The third kappa shape index (κ3) is 4.96. The van der Waals surface area contributed by atoms with E-state index in [9.17, 15) is 18.0 Å². The van der Waals surface area contributed by atoms with Crippen LogP contribution in [0, 0.1) is 0 Å². The van der Waals surface area contributed by atoms with Crippen LogP contribution in [0.25, 0.3) is 11.2 Å². The van der Waals surface area contributed by atoms with Gasteiger partial charge in [0, 0.05) is 0 Å². The molecular formula is C24H41N5O8SSi2. The fourth-order valence-corrected chi connectivity index (χ4v) is 7.89. The van der Waals surface area contributed by atoms with Gasteiger partial charge >= 0.3 is 5.69 Å². The minimum atomic E-state index is -4.22. The Bertz CT molecular complexity index is 1560. The number of aromatic amines is 2. The van der Waals surface area contributed by atoms with E-state index in [2.05, 4.69) is 48.8 Å². The van der Waals surface area contributed by atoms with Crippen molar-refractivity contribution >= 4 is 37.9 Å². The maximum Gasteiger partial charge on any atom is 0.332 e. The first-order chi connectivity index (χ1) is 18.0. The third-order valence-electron chi connectivity index (χ3n) is 8.84. The standard InChI is InChI=1S/C24H41N5O8SSi2/c1-22(2,3)39(7,8)34-11-15-24(14(25)12-38(32,33)37-24)17(36-40(9,10)23(4,5)6)20(35-15)29-18-16(26-13-27-18)19(30)28-21(29)31/h12-13,15,17,20H,11,25H2,1-10H3,(H,26,27)(H,28,30,31)/t15-,17+,20-,24?/m1/s1. The molecule has 0 amide bonds. The number of fused-ring (bicyclic) bond motifs is 1. The summed E-state index contributed by atoms with van der Waals surface area (Å²) < 4.78 is 52.6. The quantitative estimate of drug-likeness (QED) is 0.323. The van der Waals surface area contributed by atoms with E-state index in [0.29, 0.717) is 0 Å². The molecule has 16 heteroatoms. The summed E-state index contributed by atoms with van der Waals surface area (Å²) in [6, 6.07) is 0. The van der Waals surface area contributed by atoms with E-state index < -0.39 is 62.0 Å². The molecule has 4 N–H and O–H groups in total. The van der Waals surface area contributed by atoms with E-state index >= 15 is 0 Å². The molecule has 2 aliphatic heterocycles. The number of hydrogen-bond donors (Lipinski definition) is 3. The van der Waals surface area contributed by atoms with Crippen LogP contribution < -0.4 is 17.0 Å². The molecule has 40 heavy (non-hydrogen) atoms. The maximum atomic E-state index is 13.3. The van der Waals surface area contributed by atoms with Crippen LogP contribution in [0.3, 0.4) is 0 Å². The molecule has 0 saturated carbocycles. The van der Waals surface area contributed by atoms with E-state index in [1.165, 1.54) is 6.33 Å². The number of ether oxygens (including phenoxy) is 1. The van der Waals surface area contributed by atoms with Crippen molar-refractivity contribution in [3.8, 4) is 0 Å². The Hall–Kier alpha value is -2.09. The molecule has 1 saturated heterocycles. The summed E-state index contributed by atoms with van der Waals surface area (Å²) in [6.45, 7) is 20.3. The Morgan fingerprint density at radius 3 is 2.23 bits per heavy atom. The number of nitrogens with zero attached hydrogens (tertiary/aromatic N) is 2. The molecule has 4 atom stereocenters. The molecule has 1 spiro atoms. The second-order valence-electron chi connectivity index (χ2n) is 13.6. The van der Waals surface area contributed by atoms with Gasteiger partial charge in [0.25, 0.3) is 15.7 Å². The third-order valence-corrected chi connectivity index (χ3v) is 18.8. The van der Waals surface area contributed by atoms with Crippen LogP contribution >= 0.6 is 0 Å². The lowest BCUT2D eigenvalue weighted by Crippen LogP contribution is -2.59. The fraction of sp³-hybridized carbons (Fsp3) is 0.708. The summed E-state index contributed by atoms with van der Waals surface area (Å²) in [4.78, 5) is 35.0. The zero-order valence-corrected chi connectivity index (χ0v) is 27.6. The maximum absolute atomic E-state index is 13.3. The number of H-pyrrole nitrogens is 2. The van der Waals surface area contributed by atoms with E-state index in [1.807, 2.05) is 33.9 Å². The van der Waals surface area contributed by atoms with Crippen LogP contribution in [0.1, 0.15) is 47.8 Å². The first-order valence-corrected chi connectivity index (χ1v) is 20.4. The fourth-order valence-electron chi connectivity index (χ4n) is 4.39. The molecule has 1 unspecified atom stereocenters. The molecule has 1 fully saturated rings. The van der Waals surface area contributed by atoms with Crippen molar-refractivity contribution < 1.29 is 26.2 Å². The van der Waals surface area contributed by atoms with Gasteiger partial charge in [-0.3, -0.25) is 9.78 Å². The monoisotopic (exact) mass is 615 g/mol. The number of imidazole rings is 1. The average molecular weight is 616 g/mol. The highest BCUT2D eigenvalue weighted by Crippen LogP contribution is 2.52. The van der Waals surface area contributed by atoms with Gasteiger partial charge < -0.3 is 24.3 Å². The molecule has 0 bridgehead atoms. The minimum Gasteiger partial charge on any atom is -0.414 e. The van der Waals surface area contributed by atoms with E-state index in [0.717, 1.165) is 9.98 Å². The molecular weight excluding hydrogens is 575 g/mol. The summed E-state index contributed by atoms with van der Waals surface area (Å²) in [5.74, 6) is 0. The summed E-state index contributed by atoms with van der Waals surface area (Å²) in [7, 11) is -9.28. The predicted molar refractivity (Wildman–Crippen MR) is 155 cm³/mol. The molecule has 4 heterocycles. The predicted octanol–water partition coefficient (Wildman–Crippen LogP) is 2.62. The van der Waals surface area contributed by atoms with Gasteiger partial charge in [-0.2, -0.15) is 8.42 Å². The van der Waals surface area contributed by atoms with Crippen molar-refractivity contribution in [1.82, 2.24) is 19.5 Å². The van der Waals surface area contributed by atoms with E-state index in [-0.39, 0.29) is 33.5 Å². The van der Waals surface area contributed by atoms with E-state index in [4.69, 9.17) is 23.5 Å². The Balaban J connectivity index is 1.95. The van der Waals surface area contributed by atoms with Gasteiger partial charge in [0.2, 0.25) is 0 Å². The van der Waals surface area contributed by atoms with Gasteiger partial charge in [0.1, 0.15) is 17.7 Å². The Morgan fingerprint density at radius 2 is 1.70 bits per heavy atom. The molecule has 2 aromatic rings. The highest BCUT2D eigenvalue weighted by atomic mass is 32.2. The van der Waals surface area contributed by atoms with Crippen LogP contribution in [0.2, 0.25) is 36.3 Å². The van der Waals surface area contributed by atoms with Crippen molar-refractivity contribution in [3.63, 3.8) is 0 Å². The van der Waals surface area contributed by atoms with Crippen LogP contribution in [0.4, 0.5) is 0 Å². The average Bonchev–Trinajstić information content (AvgIpc) is 3.42. The lowest BCUT2D eigenvalue weighted by molar-refractivity contribution is -0.0548. The highest BCUT2D eigenvalue weighted by Gasteiger charge is 2.67. The smallest absolute Gasteiger partial charge is 0.332 e. The number of rotatable bonds is 6. The van der Waals surface area contributed by atoms with E-state index in [1.54, 1.807) is 0 Å². The molecule has 4 rings (SSSR count). The largest absolute Gasteiger partial charge is 0.414 e. The van der Waals surface area contributed by atoms with Crippen molar-refractivity contribution in [2.24, 2.45) is 5.73 Å². The second kappa shape index (κ2) is 9.47. The van der Waals surface area contributed by atoms with Gasteiger partial charge in [-0.25, -0.2) is 18.5 Å². The van der Waals surface area contributed by atoms with Crippen LogP contribution in [0.5, 0.6) is 0 Å². The van der Waals surface area contributed by atoms with Crippen molar-refractivity contribution in [2.75, 3.05) is 6.61 Å². The summed E-state index contributed by atoms with van der Waals surface area (Å²) in [5, 5.41) is 0.387. The summed E-state index contributed by atoms with van der Waals surface area (Å²) in [6.07, 6.45) is -2.27. The zero-order chi connectivity index (χ0) is 30.3. The molecule has 2 aliphatic rings. The van der Waals surface area contributed by atoms with Crippen LogP contribution in [-0.2, 0) is 27.9 Å². The van der Waals surface area contributed by atoms with Crippen molar-refractivity contribution in [1.29, 1.82) is 0 Å². The van der Waals surface area contributed by atoms with Gasteiger partial charge in [0.05, 0.1) is 24.0 Å². The molecule has 0 aliphatic carbocycles. The number of nitrogens with one attached hydrogen (secondary N) is 2. The normalized spacial score (nSPS) is 27.6. The zero-order valence-electron chi connectivity index (χ0n) is 24.7. The van der Waals surface area contributed by atoms with Gasteiger partial charge in [-0.15, -0.1) is 0 Å². The topological polar surface area (TPSA) is 181 Å². The molecule has 13 nitrogen and oxygen atoms in total. The second-order valence-corrected chi connectivity index (χ2v) is 24.5. The van der Waals surface area contributed by atoms with Gasteiger partial charge in [-0.1, -0.05) is 41.5 Å².